The van der Waals surface area contributed by atoms with Gasteiger partial charge in [0.05, 0.1) is 28.2 Å². The molecule has 0 bridgehead atoms. The summed E-state index contributed by atoms with van der Waals surface area (Å²) < 4.78 is 53.5. The lowest BCUT2D eigenvalue weighted by Gasteiger charge is -2.29. The van der Waals surface area contributed by atoms with E-state index >= 15 is 0 Å². The number of imidazole rings is 1. The van der Waals surface area contributed by atoms with Gasteiger partial charge in [-0.2, -0.15) is 13.2 Å². The predicted octanol–water partition coefficient (Wildman–Crippen LogP) is 7.37. The zero-order valence-corrected chi connectivity index (χ0v) is 24.8. The number of aryl methyl sites for hydroxylation is 2. The van der Waals surface area contributed by atoms with Crippen LogP contribution in [0.2, 0.25) is 0 Å². The molecule has 1 aliphatic carbocycles. The number of anilines is 1. The van der Waals surface area contributed by atoms with Crippen LogP contribution in [0.4, 0.5) is 23.2 Å². The van der Waals surface area contributed by atoms with Gasteiger partial charge < -0.3 is 15.0 Å². The van der Waals surface area contributed by atoms with Gasteiger partial charge in [-0.15, -0.1) is 0 Å². The molecule has 0 radical (unpaired) electrons. The van der Waals surface area contributed by atoms with E-state index in [1.807, 2.05) is 19.3 Å². The number of aromatic nitrogens is 2. The Hall–Kier alpha value is -3.90. The molecule has 3 aromatic carbocycles. The molecule has 1 aliphatic rings. The van der Waals surface area contributed by atoms with Gasteiger partial charge in [0, 0.05) is 7.05 Å². The van der Waals surface area contributed by atoms with Crippen molar-refractivity contribution in [3.8, 4) is 11.1 Å². The number of carbonyl (C=O) groups is 2. The molecule has 3 N–H and O–H groups in total. The third kappa shape index (κ3) is 8.57. The quantitative estimate of drug-likeness (QED) is 0.106. The lowest BCUT2D eigenvalue weighted by molar-refractivity contribution is -0.143. The summed E-state index contributed by atoms with van der Waals surface area (Å²) in [6.07, 6.45) is -0.500. The molecule has 1 unspecified atom stereocenters. The molecular formula is C31H34F4N4O3S. The third-order valence-electron chi connectivity index (χ3n) is 7.37. The number of halogens is 4. The van der Waals surface area contributed by atoms with Crippen LogP contribution in [-0.2, 0) is 22.8 Å². The Kier molecular flexibility index (Phi) is 11.7. The van der Waals surface area contributed by atoms with Crippen LogP contribution in [0.1, 0.15) is 48.6 Å². The molecule has 43 heavy (non-hydrogen) atoms. The SMILES string of the molecule is CNS.Cc1nc2cc(-c3ccc([C@@H]4CCCCC4C(=O)O)cc3)ccc2n1C.O=CNc1ccc(C(F)(F)F)cc1F. The Bertz CT molecular complexity index is 1540. The number of benzene rings is 3. The van der Waals surface area contributed by atoms with Crippen molar-refractivity contribution in [3.63, 3.8) is 0 Å². The minimum Gasteiger partial charge on any atom is -0.481 e. The van der Waals surface area contributed by atoms with E-state index in [9.17, 15) is 32.3 Å². The molecule has 12 heteroatoms. The second-order valence-corrected chi connectivity index (χ2v) is 10.5. The first-order chi connectivity index (χ1) is 20.4. The molecule has 5 rings (SSSR count). The summed E-state index contributed by atoms with van der Waals surface area (Å²) in [5.74, 6) is -0.884. The highest BCUT2D eigenvalue weighted by molar-refractivity contribution is 7.78. The van der Waals surface area contributed by atoms with Crippen molar-refractivity contribution in [2.75, 3.05) is 12.4 Å². The van der Waals surface area contributed by atoms with E-state index in [1.165, 1.54) is 0 Å². The number of hydrogen-bond donors (Lipinski definition) is 4. The molecule has 1 aromatic heterocycles. The zero-order valence-electron chi connectivity index (χ0n) is 24.0. The molecular weight excluding hydrogens is 584 g/mol. The first-order valence-corrected chi connectivity index (χ1v) is 14.0. The Morgan fingerprint density at radius 1 is 1.05 bits per heavy atom. The van der Waals surface area contributed by atoms with Crippen molar-refractivity contribution in [3.05, 3.63) is 83.4 Å². The average Bonchev–Trinajstić information content (AvgIpc) is 3.26. The molecule has 1 fully saturated rings. The molecule has 0 spiro atoms. The molecule has 7 nitrogen and oxygen atoms in total. The van der Waals surface area contributed by atoms with E-state index in [-0.39, 0.29) is 23.9 Å². The summed E-state index contributed by atoms with van der Waals surface area (Å²) in [5.41, 5.74) is 4.19. The summed E-state index contributed by atoms with van der Waals surface area (Å²) in [6, 6.07) is 16.7. The molecule has 0 aliphatic heterocycles. The Labute approximate surface area is 252 Å². The second kappa shape index (κ2) is 15.0. The molecule has 2 atom stereocenters. The van der Waals surface area contributed by atoms with Crippen LogP contribution >= 0.6 is 12.8 Å². The van der Waals surface area contributed by atoms with Crippen molar-refractivity contribution in [2.45, 2.75) is 44.7 Å². The van der Waals surface area contributed by atoms with E-state index in [4.69, 9.17) is 0 Å². The van der Waals surface area contributed by atoms with Crippen LogP contribution in [0.25, 0.3) is 22.2 Å². The van der Waals surface area contributed by atoms with Crippen LogP contribution in [0.3, 0.4) is 0 Å². The Morgan fingerprint density at radius 2 is 1.67 bits per heavy atom. The predicted molar refractivity (Wildman–Crippen MR) is 162 cm³/mol. The number of thiol groups is 1. The van der Waals surface area contributed by atoms with Gasteiger partial charge in [-0.1, -0.05) is 56.0 Å². The van der Waals surface area contributed by atoms with Crippen molar-refractivity contribution >= 4 is 41.9 Å². The number of fused-ring (bicyclic) bond motifs is 1. The van der Waals surface area contributed by atoms with Gasteiger partial charge >= 0.3 is 12.1 Å². The standard InChI is InChI=1S/C22H24N2O2.C8H5F4NO.CH5NS/c1-14-23-20-13-17(11-12-21(20)24(14)2)15-7-9-16(10-8-15)18-5-3-4-6-19(18)22(25)26;9-6-3-5(8(10,11)12)1-2-7(6)13-4-14;1-2-3/h7-13,18-19H,3-6H2,1-2H3,(H,25,26);1-4H,(H,13,14);2-3H,1H3/t18-,19?;;/m0../s1. The van der Waals surface area contributed by atoms with E-state index in [2.05, 4.69) is 69.6 Å². The first-order valence-electron chi connectivity index (χ1n) is 13.5. The maximum atomic E-state index is 12.8. The van der Waals surface area contributed by atoms with Crippen LogP contribution in [0.15, 0.2) is 60.7 Å². The van der Waals surface area contributed by atoms with Gasteiger partial charge in [0.1, 0.15) is 11.6 Å². The van der Waals surface area contributed by atoms with E-state index < -0.39 is 23.5 Å². The highest BCUT2D eigenvalue weighted by Gasteiger charge is 2.32. The summed E-state index contributed by atoms with van der Waals surface area (Å²) in [6.45, 7) is 2.01. The minimum absolute atomic E-state index is 0.135. The Morgan fingerprint density at radius 3 is 2.26 bits per heavy atom. The summed E-state index contributed by atoms with van der Waals surface area (Å²) in [5, 5.41) is 11.5. The first kappa shape index (κ1) is 33.6. The number of carbonyl (C=O) groups excluding carboxylic acids is 1. The normalized spacial score (nSPS) is 16.4. The molecule has 1 amide bonds. The number of carboxylic acids is 1. The highest BCUT2D eigenvalue weighted by Crippen LogP contribution is 2.38. The van der Waals surface area contributed by atoms with Crippen LogP contribution in [-0.4, -0.2) is 34.1 Å². The number of amides is 1. The fourth-order valence-electron chi connectivity index (χ4n) is 5.12. The van der Waals surface area contributed by atoms with Crippen molar-refractivity contribution < 1.29 is 32.3 Å². The van der Waals surface area contributed by atoms with Crippen molar-refractivity contribution in [1.29, 1.82) is 0 Å². The second-order valence-electron chi connectivity index (χ2n) is 10.1. The molecule has 1 heterocycles. The van der Waals surface area contributed by atoms with Crippen LogP contribution in [0.5, 0.6) is 0 Å². The summed E-state index contributed by atoms with van der Waals surface area (Å²) in [7, 11) is 3.77. The molecule has 230 valence electrons. The fourth-order valence-corrected chi connectivity index (χ4v) is 5.12. The topological polar surface area (TPSA) is 96.2 Å². The fraction of sp³-hybridized carbons (Fsp3) is 0.323. The van der Waals surface area contributed by atoms with Gasteiger partial charge in [-0.3, -0.25) is 14.3 Å². The maximum Gasteiger partial charge on any atom is 0.416 e. The average molecular weight is 619 g/mol. The van der Waals surface area contributed by atoms with Gasteiger partial charge in [-0.25, -0.2) is 9.37 Å². The van der Waals surface area contributed by atoms with Gasteiger partial charge in [0.2, 0.25) is 6.41 Å². The van der Waals surface area contributed by atoms with Crippen molar-refractivity contribution in [1.82, 2.24) is 14.3 Å². The monoisotopic (exact) mass is 618 g/mol. The lowest BCUT2D eigenvalue weighted by atomic mass is 9.75. The number of aliphatic carboxylic acids is 1. The van der Waals surface area contributed by atoms with E-state index in [1.54, 1.807) is 7.05 Å². The number of alkyl halides is 3. The van der Waals surface area contributed by atoms with Gasteiger partial charge in [0.25, 0.3) is 0 Å². The molecule has 0 saturated heterocycles. The summed E-state index contributed by atoms with van der Waals surface area (Å²) in [4.78, 5) is 26.1. The Balaban J connectivity index is 0.000000252. The van der Waals surface area contributed by atoms with Crippen molar-refractivity contribution in [2.24, 2.45) is 13.0 Å². The van der Waals surface area contributed by atoms with E-state index in [0.717, 1.165) is 65.3 Å². The smallest absolute Gasteiger partial charge is 0.416 e. The number of rotatable bonds is 5. The number of nitrogens with zero attached hydrogens (tertiary/aromatic N) is 2. The third-order valence-corrected chi connectivity index (χ3v) is 7.37. The number of nitrogens with one attached hydrogen (secondary N) is 2. The van der Waals surface area contributed by atoms with E-state index in [0.29, 0.717) is 12.1 Å². The van der Waals surface area contributed by atoms with Crippen LogP contribution < -0.4 is 10.0 Å². The number of carboxylic acid groups (broad SMARTS) is 1. The molecule has 1 saturated carbocycles. The lowest BCUT2D eigenvalue weighted by Crippen LogP contribution is -2.25. The minimum atomic E-state index is -4.58. The number of hydrogen-bond acceptors (Lipinski definition) is 5. The van der Waals surface area contributed by atoms with Crippen LogP contribution in [0, 0.1) is 18.7 Å². The highest BCUT2D eigenvalue weighted by atomic mass is 32.1. The largest absolute Gasteiger partial charge is 0.481 e. The molecule has 4 aromatic rings. The van der Waals surface area contributed by atoms with Gasteiger partial charge in [-0.05, 0) is 79.8 Å². The maximum absolute atomic E-state index is 12.8. The summed E-state index contributed by atoms with van der Waals surface area (Å²) >= 11 is 3.54. The van der Waals surface area contributed by atoms with Gasteiger partial charge in [0.15, 0.2) is 0 Å². The zero-order chi connectivity index (χ0) is 31.7.